The van der Waals surface area contributed by atoms with Crippen molar-refractivity contribution in [2.75, 3.05) is 13.1 Å². The summed E-state index contributed by atoms with van der Waals surface area (Å²) in [5.74, 6) is -0.339. The van der Waals surface area contributed by atoms with E-state index in [1.807, 2.05) is 0 Å². The highest BCUT2D eigenvalue weighted by atomic mass is 16.3. The van der Waals surface area contributed by atoms with Crippen molar-refractivity contribution in [1.29, 1.82) is 0 Å². The number of carbonyl (C=O) groups is 1. The van der Waals surface area contributed by atoms with Crippen molar-refractivity contribution in [2.45, 2.75) is 6.10 Å². The molecule has 1 saturated heterocycles. The Kier molecular flexibility index (Phi) is 2.41. The number of aliphatic hydroxyl groups excluding tert-OH is 1. The van der Waals surface area contributed by atoms with Gasteiger partial charge in [0.25, 0.3) is 5.91 Å². The highest BCUT2D eigenvalue weighted by Crippen LogP contribution is 2.16. The van der Waals surface area contributed by atoms with Gasteiger partial charge in [-0.05, 0) is 12.1 Å². The first-order valence-corrected chi connectivity index (χ1v) is 5.65. The normalized spacial score (nSPS) is 15.7. The molecule has 1 aliphatic heterocycles. The third kappa shape index (κ3) is 1.69. The molecule has 2 heterocycles. The Hall–Kier alpha value is -2.14. The number of nitrogens with zero attached hydrogens (tertiary/aromatic N) is 1. The molecule has 0 radical (unpaired) electrons. The van der Waals surface area contributed by atoms with Crippen molar-refractivity contribution in [3.05, 3.63) is 46.3 Å². The number of para-hydroxylation sites is 1. The fraction of sp³-hybridized carbons (Fsp3) is 0.231. The number of amides is 1. The predicted octanol–water partition coefficient (Wildman–Crippen LogP) is 0.610. The van der Waals surface area contributed by atoms with E-state index < -0.39 is 6.10 Å². The number of carbonyl (C=O) groups excluding carboxylic acids is 1. The molecular weight excluding hydrogens is 234 g/mol. The second-order valence-electron chi connectivity index (χ2n) is 4.34. The highest BCUT2D eigenvalue weighted by Gasteiger charge is 2.31. The zero-order valence-electron chi connectivity index (χ0n) is 9.50. The zero-order chi connectivity index (χ0) is 12.7. The molecule has 1 aliphatic rings. The lowest BCUT2D eigenvalue weighted by molar-refractivity contribution is 0.00395. The summed E-state index contributed by atoms with van der Waals surface area (Å²) in [6, 6.07) is 8.00. The van der Waals surface area contributed by atoms with Gasteiger partial charge in [-0.15, -0.1) is 0 Å². The van der Waals surface area contributed by atoms with Crippen LogP contribution in [-0.2, 0) is 0 Å². The van der Waals surface area contributed by atoms with Gasteiger partial charge in [0.1, 0.15) is 5.58 Å². The molecule has 1 aromatic carbocycles. The lowest BCUT2D eigenvalue weighted by Crippen LogP contribution is -2.53. The number of hydrogen-bond acceptors (Lipinski definition) is 4. The predicted molar refractivity (Wildman–Crippen MR) is 64.4 cm³/mol. The van der Waals surface area contributed by atoms with Gasteiger partial charge in [-0.3, -0.25) is 9.59 Å². The van der Waals surface area contributed by atoms with E-state index >= 15 is 0 Å². The average molecular weight is 245 g/mol. The molecule has 5 nitrogen and oxygen atoms in total. The van der Waals surface area contributed by atoms with E-state index in [-0.39, 0.29) is 30.2 Å². The van der Waals surface area contributed by atoms with Crippen LogP contribution in [0, 0.1) is 0 Å². The van der Waals surface area contributed by atoms with E-state index in [9.17, 15) is 9.59 Å². The number of benzene rings is 1. The van der Waals surface area contributed by atoms with Gasteiger partial charge >= 0.3 is 0 Å². The molecular formula is C13H11NO4. The lowest BCUT2D eigenvalue weighted by Gasteiger charge is -2.35. The van der Waals surface area contributed by atoms with Gasteiger partial charge in [0, 0.05) is 19.2 Å². The van der Waals surface area contributed by atoms with Crippen molar-refractivity contribution < 1.29 is 14.3 Å². The van der Waals surface area contributed by atoms with Crippen molar-refractivity contribution in [2.24, 2.45) is 0 Å². The van der Waals surface area contributed by atoms with Crippen LogP contribution >= 0.6 is 0 Å². The summed E-state index contributed by atoms with van der Waals surface area (Å²) in [6.45, 7) is 0.574. The van der Waals surface area contributed by atoms with E-state index in [1.165, 1.54) is 11.0 Å². The second-order valence-corrected chi connectivity index (χ2v) is 4.34. The molecule has 2 aromatic rings. The van der Waals surface area contributed by atoms with Crippen molar-refractivity contribution >= 4 is 16.9 Å². The average Bonchev–Trinajstić information content (AvgIpc) is 2.34. The molecule has 0 saturated carbocycles. The quantitative estimate of drug-likeness (QED) is 0.799. The summed E-state index contributed by atoms with van der Waals surface area (Å²) < 4.78 is 5.42. The van der Waals surface area contributed by atoms with Gasteiger partial charge in [-0.1, -0.05) is 12.1 Å². The Morgan fingerprint density at radius 1 is 1.33 bits per heavy atom. The van der Waals surface area contributed by atoms with E-state index in [2.05, 4.69) is 0 Å². The molecule has 0 bridgehead atoms. The third-order valence-electron chi connectivity index (χ3n) is 2.99. The molecule has 5 heteroatoms. The number of fused-ring (bicyclic) bond motifs is 1. The Bertz CT molecular complexity index is 670. The summed E-state index contributed by atoms with van der Waals surface area (Å²) in [6.07, 6.45) is -0.471. The van der Waals surface area contributed by atoms with E-state index in [4.69, 9.17) is 9.52 Å². The van der Waals surface area contributed by atoms with E-state index in [0.717, 1.165) is 0 Å². The first kappa shape index (κ1) is 11.0. The van der Waals surface area contributed by atoms with E-state index in [1.54, 1.807) is 24.3 Å². The summed E-state index contributed by atoms with van der Waals surface area (Å²) in [4.78, 5) is 25.2. The first-order chi connectivity index (χ1) is 8.65. The fourth-order valence-corrected chi connectivity index (χ4v) is 1.99. The van der Waals surface area contributed by atoms with Gasteiger partial charge < -0.3 is 14.4 Å². The summed E-state index contributed by atoms with van der Waals surface area (Å²) in [5.41, 5.74) is 0.163. The summed E-state index contributed by atoms with van der Waals surface area (Å²) >= 11 is 0. The maximum atomic E-state index is 12.0. The van der Waals surface area contributed by atoms with Crippen LogP contribution in [-0.4, -0.2) is 35.1 Å². The largest absolute Gasteiger partial charge is 0.451 e. The number of aliphatic hydroxyl groups is 1. The molecule has 0 spiro atoms. The topological polar surface area (TPSA) is 70.8 Å². The number of β-amino-alcohol motifs (C(OH)–C–C–N with tert-alkyl or cyclic N) is 1. The van der Waals surface area contributed by atoms with Crippen LogP contribution in [0.2, 0.25) is 0 Å². The fourth-order valence-electron chi connectivity index (χ4n) is 1.99. The SMILES string of the molecule is O=C(c1cc(=O)c2ccccc2o1)N1CC(O)C1. The van der Waals surface area contributed by atoms with Crippen LogP contribution in [0.5, 0.6) is 0 Å². The monoisotopic (exact) mass is 245 g/mol. The molecule has 1 aromatic heterocycles. The Labute approximate surface area is 102 Å². The lowest BCUT2D eigenvalue weighted by atomic mass is 10.1. The van der Waals surface area contributed by atoms with Gasteiger partial charge in [0.05, 0.1) is 11.5 Å². The number of rotatable bonds is 1. The molecule has 18 heavy (non-hydrogen) atoms. The first-order valence-electron chi connectivity index (χ1n) is 5.65. The van der Waals surface area contributed by atoms with Crippen LogP contribution in [0.15, 0.2) is 39.5 Å². The van der Waals surface area contributed by atoms with Crippen molar-refractivity contribution in [3.63, 3.8) is 0 Å². The van der Waals surface area contributed by atoms with Crippen LogP contribution < -0.4 is 5.43 Å². The van der Waals surface area contributed by atoms with Gasteiger partial charge in [-0.25, -0.2) is 0 Å². The third-order valence-corrected chi connectivity index (χ3v) is 2.99. The van der Waals surface area contributed by atoms with E-state index in [0.29, 0.717) is 11.0 Å². The van der Waals surface area contributed by atoms with Gasteiger partial charge in [-0.2, -0.15) is 0 Å². The molecule has 0 unspecified atom stereocenters. The van der Waals surface area contributed by atoms with Crippen LogP contribution in [0.4, 0.5) is 0 Å². The van der Waals surface area contributed by atoms with Crippen LogP contribution in [0.25, 0.3) is 11.0 Å². The number of likely N-dealkylation sites (tertiary alicyclic amines) is 1. The summed E-state index contributed by atoms with van der Waals surface area (Å²) in [5, 5.41) is 9.61. The Morgan fingerprint density at radius 3 is 2.78 bits per heavy atom. The molecule has 0 aliphatic carbocycles. The molecule has 1 fully saturated rings. The van der Waals surface area contributed by atoms with Gasteiger partial charge in [0.15, 0.2) is 11.2 Å². The Morgan fingerprint density at radius 2 is 2.06 bits per heavy atom. The second kappa shape index (κ2) is 3.96. The molecule has 0 atom stereocenters. The standard InChI is InChI=1S/C13H11NO4/c15-8-6-14(7-8)13(17)12-5-10(16)9-3-1-2-4-11(9)18-12/h1-5,8,15H,6-7H2. The van der Waals surface area contributed by atoms with Crippen LogP contribution in [0.3, 0.4) is 0 Å². The zero-order valence-corrected chi connectivity index (χ0v) is 9.50. The number of hydrogen-bond donors (Lipinski definition) is 1. The van der Waals surface area contributed by atoms with Crippen molar-refractivity contribution in [3.8, 4) is 0 Å². The smallest absolute Gasteiger partial charge is 0.289 e. The maximum absolute atomic E-state index is 12.0. The maximum Gasteiger partial charge on any atom is 0.289 e. The minimum atomic E-state index is -0.471. The Balaban J connectivity index is 2.03. The van der Waals surface area contributed by atoms with Gasteiger partial charge in [0.2, 0.25) is 0 Å². The molecule has 1 N–H and O–H groups in total. The molecule has 92 valence electrons. The highest BCUT2D eigenvalue weighted by molar-refractivity contribution is 5.93. The molecule has 3 rings (SSSR count). The van der Waals surface area contributed by atoms with Crippen molar-refractivity contribution in [1.82, 2.24) is 4.90 Å². The minimum Gasteiger partial charge on any atom is -0.451 e. The minimum absolute atomic E-state index is 0.0191. The summed E-state index contributed by atoms with van der Waals surface area (Å²) in [7, 11) is 0. The molecule has 1 amide bonds. The van der Waals surface area contributed by atoms with Crippen LogP contribution in [0.1, 0.15) is 10.6 Å².